The Morgan fingerprint density at radius 3 is 2.42 bits per heavy atom. The van der Waals surface area contributed by atoms with Crippen LogP contribution in [0.5, 0.6) is 0 Å². The molecule has 1 heterocycles. The van der Waals surface area contributed by atoms with Gasteiger partial charge in [-0.25, -0.2) is 0 Å². The fourth-order valence-corrected chi connectivity index (χ4v) is 2.00. The molecule has 0 aromatic carbocycles. The summed E-state index contributed by atoms with van der Waals surface area (Å²) >= 11 is 0. The Balaban J connectivity index is 2.59. The van der Waals surface area contributed by atoms with Gasteiger partial charge in [-0.2, -0.15) is 0 Å². The average molecular weight is 269 g/mol. The first kappa shape index (κ1) is 15.6. The zero-order valence-electron chi connectivity index (χ0n) is 12.2. The fraction of sp³-hybridized carbons (Fsp3) is 0.769. The van der Waals surface area contributed by atoms with E-state index < -0.39 is 12.1 Å². The Morgan fingerprint density at radius 1 is 1.42 bits per heavy atom. The van der Waals surface area contributed by atoms with Gasteiger partial charge in [0.15, 0.2) is 0 Å². The molecule has 1 aliphatic heterocycles. The van der Waals surface area contributed by atoms with Crippen LogP contribution in [0.3, 0.4) is 0 Å². The Bertz CT molecular complexity index is 387. The van der Waals surface area contributed by atoms with Crippen LogP contribution in [0.25, 0.3) is 0 Å². The molecule has 3 amide bonds. The molecule has 0 aromatic heterocycles. The molecule has 1 aliphatic rings. The number of rotatable bonds is 4. The molecule has 108 valence electrons. The van der Waals surface area contributed by atoms with Crippen molar-refractivity contribution in [3.05, 3.63) is 0 Å². The number of amides is 3. The van der Waals surface area contributed by atoms with Gasteiger partial charge >= 0.3 is 0 Å². The van der Waals surface area contributed by atoms with E-state index in [2.05, 4.69) is 10.6 Å². The van der Waals surface area contributed by atoms with Crippen molar-refractivity contribution >= 4 is 17.7 Å². The van der Waals surface area contributed by atoms with Gasteiger partial charge in [0.25, 0.3) is 0 Å². The first-order valence-electron chi connectivity index (χ1n) is 6.58. The van der Waals surface area contributed by atoms with Crippen LogP contribution in [0.4, 0.5) is 0 Å². The lowest BCUT2D eigenvalue weighted by Gasteiger charge is -2.25. The van der Waals surface area contributed by atoms with Gasteiger partial charge in [0.05, 0.1) is 18.5 Å². The molecule has 2 N–H and O–H groups in total. The second-order valence-electron chi connectivity index (χ2n) is 5.86. The van der Waals surface area contributed by atoms with Crippen molar-refractivity contribution in [1.29, 1.82) is 0 Å². The largest absolute Gasteiger partial charge is 0.350 e. The molecule has 6 nitrogen and oxygen atoms in total. The summed E-state index contributed by atoms with van der Waals surface area (Å²) in [6, 6.07) is -1.11. The summed E-state index contributed by atoms with van der Waals surface area (Å²) in [7, 11) is 0. The number of carbonyl (C=O) groups is 3. The zero-order valence-corrected chi connectivity index (χ0v) is 12.2. The summed E-state index contributed by atoms with van der Waals surface area (Å²) in [5.74, 6) is -0.612. The van der Waals surface area contributed by atoms with E-state index in [9.17, 15) is 14.4 Å². The van der Waals surface area contributed by atoms with Gasteiger partial charge in [-0.05, 0) is 34.6 Å². The topological polar surface area (TPSA) is 78.5 Å². The highest BCUT2D eigenvalue weighted by Crippen LogP contribution is 2.13. The minimum atomic E-state index is -0.590. The Morgan fingerprint density at radius 2 is 2.00 bits per heavy atom. The van der Waals surface area contributed by atoms with Crippen LogP contribution < -0.4 is 10.6 Å². The Labute approximate surface area is 113 Å². The van der Waals surface area contributed by atoms with Crippen LogP contribution in [0, 0.1) is 0 Å². The lowest BCUT2D eigenvalue weighted by molar-refractivity contribution is -0.138. The Kier molecular flexibility index (Phi) is 4.68. The summed E-state index contributed by atoms with van der Waals surface area (Å²) in [5.41, 5.74) is -0.321. The highest BCUT2D eigenvalue weighted by atomic mass is 16.2. The second-order valence-corrected chi connectivity index (χ2v) is 5.86. The number of imide groups is 1. The average Bonchev–Trinajstić information content (AvgIpc) is 2.51. The van der Waals surface area contributed by atoms with Crippen LogP contribution in [-0.2, 0) is 14.4 Å². The van der Waals surface area contributed by atoms with Crippen molar-refractivity contribution in [2.45, 2.75) is 58.7 Å². The van der Waals surface area contributed by atoms with Crippen molar-refractivity contribution < 1.29 is 14.4 Å². The first-order valence-corrected chi connectivity index (χ1v) is 6.58. The van der Waals surface area contributed by atoms with Gasteiger partial charge < -0.3 is 5.32 Å². The highest BCUT2D eigenvalue weighted by Gasteiger charge is 2.38. The third-order valence-corrected chi connectivity index (χ3v) is 2.90. The summed E-state index contributed by atoms with van der Waals surface area (Å²) in [6.07, 6.45) is 0.125. The maximum atomic E-state index is 11.9. The van der Waals surface area contributed by atoms with Crippen LogP contribution in [0.2, 0.25) is 0 Å². The molecule has 2 unspecified atom stereocenters. The van der Waals surface area contributed by atoms with E-state index in [0.29, 0.717) is 6.54 Å². The zero-order chi connectivity index (χ0) is 14.8. The molecule has 0 spiro atoms. The summed E-state index contributed by atoms with van der Waals surface area (Å²) in [6.45, 7) is 9.49. The number of hydrogen-bond acceptors (Lipinski definition) is 4. The van der Waals surface area contributed by atoms with E-state index in [1.807, 2.05) is 20.8 Å². The van der Waals surface area contributed by atoms with Crippen molar-refractivity contribution in [2.24, 2.45) is 0 Å². The molecule has 1 rings (SSSR count). The van der Waals surface area contributed by atoms with E-state index in [1.54, 1.807) is 13.8 Å². The standard InChI is InChI=1S/C13H23N3O3/c1-6-16-10(17)7-9(12(16)19)14-8(2)11(18)15-13(3,4)5/h8-9,14H,6-7H2,1-5H3,(H,15,18). The lowest BCUT2D eigenvalue weighted by Crippen LogP contribution is -2.53. The minimum Gasteiger partial charge on any atom is -0.350 e. The third kappa shape index (κ3) is 4.02. The summed E-state index contributed by atoms with van der Waals surface area (Å²) in [5, 5.41) is 5.75. The Hall–Kier alpha value is -1.43. The third-order valence-electron chi connectivity index (χ3n) is 2.90. The van der Waals surface area contributed by atoms with Crippen molar-refractivity contribution in [3.63, 3.8) is 0 Å². The molecule has 6 heteroatoms. The van der Waals surface area contributed by atoms with Gasteiger partial charge in [0.1, 0.15) is 0 Å². The monoisotopic (exact) mass is 269 g/mol. The summed E-state index contributed by atoms with van der Waals surface area (Å²) < 4.78 is 0. The number of nitrogens with zero attached hydrogens (tertiary/aromatic N) is 1. The van der Waals surface area contributed by atoms with E-state index in [-0.39, 0.29) is 29.7 Å². The van der Waals surface area contributed by atoms with Crippen LogP contribution in [-0.4, -0.2) is 46.8 Å². The number of hydrogen-bond donors (Lipinski definition) is 2. The minimum absolute atomic E-state index is 0.125. The van der Waals surface area contributed by atoms with Crippen LogP contribution in [0.15, 0.2) is 0 Å². The van der Waals surface area contributed by atoms with E-state index in [4.69, 9.17) is 0 Å². The maximum Gasteiger partial charge on any atom is 0.246 e. The maximum absolute atomic E-state index is 11.9. The lowest BCUT2D eigenvalue weighted by atomic mass is 10.1. The van der Waals surface area contributed by atoms with Crippen molar-refractivity contribution in [3.8, 4) is 0 Å². The molecule has 2 atom stereocenters. The molecule has 19 heavy (non-hydrogen) atoms. The number of likely N-dealkylation sites (N-methyl/N-ethyl adjacent to an activating group) is 1. The quantitative estimate of drug-likeness (QED) is 0.706. The second kappa shape index (κ2) is 5.69. The fourth-order valence-electron chi connectivity index (χ4n) is 2.00. The van der Waals surface area contributed by atoms with Crippen LogP contribution in [0.1, 0.15) is 41.0 Å². The molecule has 1 saturated heterocycles. The van der Waals surface area contributed by atoms with Crippen molar-refractivity contribution in [2.75, 3.05) is 6.54 Å². The molecule has 0 aromatic rings. The molecule has 1 fully saturated rings. The number of carbonyl (C=O) groups excluding carboxylic acids is 3. The van der Waals surface area contributed by atoms with E-state index >= 15 is 0 Å². The van der Waals surface area contributed by atoms with Gasteiger partial charge in [0.2, 0.25) is 17.7 Å². The molecular formula is C13H23N3O3. The molecule has 0 aliphatic carbocycles. The predicted octanol–water partition coefficient (Wildman–Crippen LogP) is 0.0266. The molecule has 0 saturated carbocycles. The van der Waals surface area contributed by atoms with Gasteiger partial charge in [0, 0.05) is 12.1 Å². The normalized spacial score (nSPS) is 21.7. The van der Waals surface area contributed by atoms with E-state index in [1.165, 1.54) is 4.90 Å². The van der Waals surface area contributed by atoms with Gasteiger partial charge in [-0.1, -0.05) is 0 Å². The smallest absolute Gasteiger partial charge is 0.246 e. The van der Waals surface area contributed by atoms with Gasteiger partial charge in [-0.3, -0.25) is 24.6 Å². The molecular weight excluding hydrogens is 246 g/mol. The predicted molar refractivity (Wildman–Crippen MR) is 71.3 cm³/mol. The summed E-state index contributed by atoms with van der Waals surface area (Å²) in [4.78, 5) is 36.6. The van der Waals surface area contributed by atoms with Crippen molar-refractivity contribution in [1.82, 2.24) is 15.5 Å². The number of nitrogens with one attached hydrogen (secondary N) is 2. The molecule has 0 radical (unpaired) electrons. The highest BCUT2D eigenvalue weighted by molar-refractivity contribution is 6.05. The number of likely N-dealkylation sites (tertiary alicyclic amines) is 1. The van der Waals surface area contributed by atoms with E-state index in [0.717, 1.165) is 0 Å². The molecule has 0 bridgehead atoms. The SMILES string of the molecule is CCN1C(=O)CC(NC(C)C(=O)NC(C)(C)C)C1=O. The first-order chi connectivity index (χ1) is 8.65. The van der Waals surface area contributed by atoms with Crippen LogP contribution >= 0.6 is 0 Å². The van der Waals surface area contributed by atoms with Gasteiger partial charge in [-0.15, -0.1) is 0 Å².